The van der Waals surface area contributed by atoms with Crippen molar-refractivity contribution in [3.05, 3.63) is 24.2 Å². The highest BCUT2D eigenvalue weighted by molar-refractivity contribution is 7.88. The summed E-state index contributed by atoms with van der Waals surface area (Å²) in [5.74, 6) is 0.733. The van der Waals surface area contributed by atoms with Crippen molar-refractivity contribution in [3.8, 4) is 0 Å². The molecule has 0 bridgehead atoms. The second-order valence-corrected chi connectivity index (χ2v) is 6.40. The van der Waals surface area contributed by atoms with Crippen molar-refractivity contribution in [2.24, 2.45) is 0 Å². The van der Waals surface area contributed by atoms with Crippen LogP contribution in [-0.4, -0.2) is 29.2 Å². The molecule has 1 N–H and O–H groups in total. The van der Waals surface area contributed by atoms with E-state index in [1.807, 2.05) is 16.7 Å². The van der Waals surface area contributed by atoms with Crippen LogP contribution in [0.4, 0.5) is 0 Å². The summed E-state index contributed by atoms with van der Waals surface area (Å²) in [7, 11) is -3.21. The van der Waals surface area contributed by atoms with E-state index in [2.05, 4.69) is 14.7 Å². The lowest BCUT2D eigenvalue weighted by Gasteiger charge is -2.06. The minimum absolute atomic E-state index is 0.214. The predicted molar refractivity (Wildman–Crippen MR) is 67.5 cm³/mol. The van der Waals surface area contributed by atoms with E-state index in [9.17, 15) is 8.42 Å². The number of rotatable bonds is 4. The fourth-order valence-corrected chi connectivity index (χ4v) is 2.40. The van der Waals surface area contributed by atoms with Crippen LogP contribution in [0.5, 0.6) is 0 Å². The Kier molecular flexibility index (Phi) is 2.60. The van der Waals surface area contributed by atoms with Gasteiger partial charge in [0.05, 0.1) is 12.8 Å². The van der Waals surface area contributed by atoms with Gasteiger partial charge in [0.15, 0.2) is 5.65 Å². The van der Waals surface area contributed by atoms with E-state index in [0.29, 0.717) is 6.04 Å². The van der Waals surface area contributed by atoms with Crippen LogP contribution in [0.25, 0.3) is 11.2 Å². The highest BCUT2D eigenvalue weighted by Crippen LogP contribution is 2.38. The van der Waals surface area contributed by atoms with Crippen LogP contribution in [0.15, 0.2) is 18.3 Å². The maximum absolute atomic E-state index is 11.2. The van der Waals surface area contributed by atoms with Crippen molar-refractivity contribution in [2.45, 2.75) is 25.4 Å². The number of pyridine rings is 1. The zero-order valence-corrected chi connectivity index (χ0v) is 10.8. The lowest BCUT2D eigenvalue weighted by Crippen LogP contribution is -2.23. The Bertz CT molecular complexity index is 688. The average molecular weight is 266 g/mol. The molecule has 2 aromatic rings. The molecule has 0 amide bonds. The van der Waals surface area contributed by atoms with E-state index in [4.69, 9.17) is 0 Å². The van der Waals surface area contributed by atoms with E-state index < -0.39 is 10.0 Å². The van der Waals surface area contributed by atoms with Gasteiger partial charge in [-0.15, -0.1) is 0 Å². The van der Waals surface area contributed by atoms with Gasteiger partial charge in [0.25, 0.3) is 0 Å². The Labute approximate surface area is 105 Å². The largest absolute Gasteiger partial charge is 0.308 e. The Hall–Kier alpha value is -1.47. The third-order valence-corrected chi connectivity index (χ3v) is 3.60. The topological polar surface area (TPSA) is 76.9 Å². The van der Waals surface area contributed by atoms with E-state index >= 15 is 0 Å². The molecule has 3 rings (SSSR count). The summed E-state index contributed by atoms with van der Waals surface area (Å²) in [6.45, 7) is 0.214. The summed E-state index contributed by atoms with van der Waals surface area (Å²) < 4.78 is 26.8. The normalized spacial score (nSPS) is 16.3. The van der Waals surface area contributed by atoms with Gasteiger partial charge < -0.3 is 4.57 Å². The van der Waals surface area contributed by atoms with Gasteiger partial charge >= 0.3 is 0 Å². The van der Waals surface area contributed by atoms with Crippen molar-refractivity contribution >= 4 is 21.2 Å². The third-order valence-electron chi connectivity index (χ3n) is 2.93. The molecule has 1 saturated carbocycles. The van der Waals surface area contributed by atoms with E-state index in [1.165, 1.54) is 0 Å². The van der Waals surface area contributed by atoms with E-state index in [1.54, 1.807) is 6.20 Å². The number of hydrogen-bond acceptors (Lipinski definition) is 4. The predicted octanol–water partition coefficient (Wildman–Crippen LogP) is 0.815. The first-order chi connectivity index (χ1) is 8.54. The van der Waals surface area contributed by atoms with Gasteiger partial charge in [0.1, 0.15) is 11.3 Å². The summed E-state index contributed by atoms with van der Waals surface area (Å²) in [5, 5.41) is 0. The Balaban J connectivity index is 2.02. The van der Waals surface area contributed by atoms with Gasteiger partial charge in [0.2, 0.25) is 10.0 Å². The van der Waals surface area contributed by atoms with Gasteiger partial charge in [-0.1, -0.05) is 0 Å². The van der Waals surface area contributed by atoms with Gasteiger partial charge in [0, 0.05) is 12.2 Å². The molecule has 0 unspecified atom stereocenters. The van der Waals surface area contributed by atoms with Gasteiger partial charge in [-0.3, -0.25) is 0 Å². The summed E-state index contributed by atoms with van der Waals surface area (Å²) in [5.41, 5.74) is 1.65. The first-order valence-electron chi connectivity index (χ1n) is 5.81. The van der Waals surface area contributed by atoms with Crippen LogP contribution in [-0.2, 0) is 16.6 Å². The third kappa shape index (κ3) is 2.23. The first-order valence-corrected chi connectivity index (χ1v) is 7.70. The minimum atomic E-state index is -3.21. The number of aromatic nitrogens is 3. The molecule has 1 aliphatic carbocycles. The lowest BCUT2D eigenvalue weighted by molar-refractivity contribution is 0.581. The van der Waals surface area contributed by atoms with E-state index in [0.717, 1.165) is 36.1 Å². The van der Waals surface area contributed by atoms with Crippen LogP contribution in [0.2, 0.25) is 0 Å². The van der Waals surface area contributed by atoms with Gasteiger partial charge in [-0.2, -0.15) is 0 Å². The standard InChI is InChI=1S/C11H14N4O2S/c1-18(16,17)13-7-10-14-9-3-2-6-12-11(9)15(10)8-4-5-8/h2-3,6,8,13H,4-5,7H2,1H3. The summed E-state index contributed by atoms with van der Waals surface area (Å²) >= 11 is 0. The Morgan fingerprint density at radius 3 is 2.94 bits per heavy atom. The molecule has 96 valence electrons. The van der Waals surface area contributed by atoms with Crippen molar-refractivity contribution in [1.82, 2.24) is 19.3 Å². The molecule has 18 heavy (non-hydrogen) atoms. The number of hydrogen-bond donors (Lipinski definition) is 1. The Morgan fingerprint density at radius 2 is 2.28 bits per heavy atom. The molecule has 1 fully saturated rings. The molecule has 6 nitrogen and oxygen atoms in total. The smallest absolute Gasteiger partial charge is 0.209 e. The zero-order valence-electron chi connectivity index (χ0n) is 10.00. The SMILES string of the molecule is CS(=O)(=O)NCc1nc2cccnc2n1C1CC1. The maximum Gasteiger partial charge on any atom is 0.209 e. The van der Waals surface area contributed by atoms with Crippen LogP contribution in [0, 0.1) is 0 Å². The van der Waals surface area contributed by atoms with Crippen LogP contribution >= 0.6 is 0 Å². The molecule has 1 aliphatic rings. The molecule has 0 atom stereocenters. The second-order valence-electron chi connectivity index (χ2n) is 4.57. The fraction of sp³-hybridized carbons (Fsp3) is 0.455. The number of fused-ring (bicyclic) bond motifs is 1. The number of nitrogens with one attached hydrogen (secondary N) is 1. The molecule has 2 aromatic heterocycles. The summed E-state index contributed by atoms with van der Waals surface area (Å²) in [6, 6.07) is 4.15. The summed E-state index contributed by atoms with van der Waals surface area (Å²) in [4.78, 5) is 8.78. The van der Waals surface area contributed by atoms with Crippen molar-refractivity contribution < 1.29 is 8.42 Å². The molecule has 2 heterocycles. The zero-order chi connectivity index (χ0) is 12.8. The van der Waals surface area contributed by atoms with Gasteiger partial charge in [-0.25, -0.2) is 23.1 Å². The highest BCUT2D eigenvalue weighted by atomic mass is 32.2. The van der Waals surface area contributed by atoms with Crippen LogP contribution < -0.4 is 4.72 Å². The van der Waals surface area contributed by atoms with Crippen molar-refractivity contribution in [1.29, 1.82) is 0 Å². The lowest BCUT2D eigenvalue weighted by atomic mass is 10.4. The number of imidazole rings is 1. The first kappa shape index (κ1) is 11.6. The average Bonchev–Trinajstić information content (AvgIpc) is 3.06. The molecular formula is C11H14N4O2S. The van der Waals surface area contributed by atoms with E-state index in [-0.39, 0.29) is 6.54 Å². The molecule has 0 aliphatic heterocycles. The summed E-state index contributed by atoms with van der Waals surface area (Å²) in [6.07, 6.45) is 5.09. The molecule has 7 heteroatoms. The number of nitrogens with zero attached hydrogens (tertiary/aromatic N) is 3. The second kappa shape index (κ2) is 4.03. The molecule has 0 saturated heterocycles. The monoisotopic (exact) mass is 266 g/mol. The van der Waals surface area contributed by atoms with Crippen molar-refractivity contribution in [2.75, 3.05) is 6.26 Å². The Morgan fingerprint density at radius 1 is 1.50 bits per heavy atom. The molecule has 0 aromatic carbocycles. The van der Waals surface area contributed by atoms with Crippen LogP contribution in [0.1, 0.15) is 24.7 Å². The number of sulfonamides is 1. The molecule has 0 spiro atoms. The maximum atomic E-state index is 11.2. The molecular weight excluding hydrogens is 252 g/mol. The molecule has 0 radical (unpaired) electrons. The fourth-order valence-electron chi connectivity index (χ4n) is 2.01. The van der Waals surface area contributed by atoms with Crippen LogP contribution in [0.3, 0.4) is 0 Å². The van der Waals surface area contributed by atoms with Crippen molar-refractivity contribution in [3.63, 3.8) is 0 Å². The quantitative estimate of drug-likeness (QED) is 0.888. The van der Waals surface area contributed by atoms with Gasteiger partial charge in [-0.05, 0) is 25.0 Å². The highest BCUT2D eigenvalue weighted by Gasteiger charge is 2.28. The minimum Gasteiger partial charge on any atom is -0.308 e.